The minimum atomic E-state index is -0.184. The van der Waals surface area contributed by atoms with E-state index in [1.165, 1.54) is 32.1 Å². The molecule has 1 rings (SSSR count). The maximum absolute atomic E-state index is 10.5. The molecule has 1 aliphatic heterocycles. The zero-order valence-corrected chi connectivity index (χ0v) is 12.1. The molecule has 0 aliphatic carbocycles. The number of nitrogens with two attached hydrogens (primary N) is 1. The first-order chi connectivity index (χ1) is 9.29. The van der Waals surface area contributed by atoms with Crippen molar-refractivity contribution in [2.24, 2.45) is 11.7 Å². The smallest absolute Gasteiger partial charge is 0.217 e. The zero-order chi connectivity index (χ0) is 13.8. The van der Waals surface area contributed by atoms with E-state index in [2.05, 4.69) is 0 Å². The molecule has 2 N–H and O–H groups in total. The van der Waals surface area contributed by atoms with Crippen LogP contribution in [0.25, 0.3) is 0 Å². The molecule has 1 amide bonds. The molecule has 0 radical (unpaired) electrons. The number of primary amides is 1. The third-order valence-electron chi connectivity index (χ3n) is 3.72. The summed E-state index contributed by atoms with van der Waals surface area (Å²) < 4.78 is 11.0. The molecule has 0 unspecified atom stereocenters. The standard InChI is InChI=1S/C15H29NO3/c16-15(17)6-4-2-1-3-5-10-18-11-7-14-8-12-19-13-9-14/h14H,1-13H2,(H2,16,17). The predicted molar refractivity (Wildman–Crippen MR) is 75.9 cm³/mol. The van der Waals surface area contributed by atoms with Crippen molar-refractivity contribution in [3.05, 3.63) is 0 Å². The normalized spacial score (nSPS) is 16.6. The van der Waals surface area contributed by atoms with Crippen LogP contribution in [0.2, 0.25) is 0 Å². The van der Waals surface area contributed by atoms with Gasteiger partial charge in [-0.05, 0) is 38.0 Å². The Morgan fingerprint density at radius 2 is 1.74 bits per heavy atom. The van der Waals surface area contributed by atoms with E-state index in [-0.39, 0.29) is 5.91 Å². The number of carbonyl (C=O) groups excluding carboxylic acids is 1. The molecule has 4 heteroatoms. The van der Waals surface area contributed by atoms with Gasteiger partial charge in [0.2, 0.25) is 5.91 Å². The van der Waals surface area contributed by atoms with Crippen LogP contribution in [0.1, 0.15) is 57.8 Å². The van der Waals surface area contributed by atoms with Gasteiger partial charge in [-0.25, -0.2) is 0 Å². The van der Waals surface area contributed by atoms with Gasteiger partial charge in [-0.3, -0.25) is 4.79 Å². The lowest BCUT2D eigenvalue weighted by atomic mass is 9.97. The minimum absolute atomic E-state index is 0.184. The first-order valence-electron chi connectivity index (χ1n) is 7.73. The van der Waals surface area contributed by atoms with Crippen LogP contribution in [0, 0.1) is 5.92 Å². The van der Waals surface area contributed by atoms with E-state index in [0.29, 0.717) is 6.42 Å². The summed E-state index contributed by atoms with van der Waals surface area (Å²) in [7, 11) is 0. The number of carbonyl (C=O) groups is 1. The highest BCUT2D eigenvalue weighted by molar-refractivity contribution is 5.73. The molecular formula is C15H29NO3. The molecule has 0 saturated carbocycles. The van der Waals surface area contributed by atoms with Crippen LogP contribution in [-0.2, 0) is 14.3 Å². The summed E-state index contributed by atoms with van der Waals surface area (Å²) in [4.78, 5) is 10.5. The summed E-state index contributed by atoms with van der Waals surface area (Å²) in [6.45, 7) is 3.62. The first-order valence-corrected chi connectivity index (χ1v) is 7.73. The quantitative estimate of drug-likeness (QED) is 0.588. The molecule has 0 bridgehead atoms. The zero-order valence-electron chi connectivity index (χ0n) is 12.1. The molecule has 1 heterocycles. The van der Waals surface area contributed by atoms with E-state index in [1.807, 2.05) is 0 Å². The lowest BCUT2D eigenvalue weighted by Gasteiger charge is -2.21. The number of hydrogen-bond acceptors (Lipinski definition) is 3. The van der Waals surface area contributed by atoms with E-state index in [4.69, 9.17) is 15.2 Å². The van der Waals surface area contributed by atoms with Crippen molar-refractivity contribution in [3.8, 4) is 0 Å². The SMILES string of the molecule is NC(=O)CCCCCCCOCCC1CCOCC1. The van der Waals surface area contributed by atoms with E-state index in [1.54, 1.807) is 0 Å². The van der Waals surface area contributed by atoms with Gasteiger partial charge in [-0.2, -0.15) is 0 Å². The van der Waals surface area contributed by atoms with Crippen molar-refractivity contribution in [3.63, 3.8) is 0 Å². The lowest BCUT2D eigenvalue weighted by Crippen LogP contribution is -2.17. The van der Waals surface area contributed by atoms with Gasteiger partial charge >= 0.3 is 0 Å². The summed E-state index contributed by atoms with van der Waals surface area (Å²) in [6.07, 6.45) is 9.64. The average molecular weight is 271 g/mol. The van der Waals surface area contributed by atoms with Crippen molar-refractivity contribution in [2.45, 2.75) is 57.8 Å². The maximum Gasteiger partial charge on any atom is 0.217 e. The Labute approximate surface area is 117 Å². The first kappa shape index (κ1) is 16.4. The topological polar surface area (TPSA) is 61.6 Å². The van der Waals surface area contributed by atoms with Crippen molar-refractivity contribution in [2.75, 3.05) is 26.4 Å². The van der Waals surface area contributed by atoms with Gasteiger partial charge in [0.05, 0.1) is 0 Å². The van der Waals surface area contributed by atoms with Gasteiger partial charge in [0, 0.05) is 32.8 Å². The molecule has 19 heavy (non-hydrogen) atoms. The Balaban J connectivity index is 1.74. The third kappa shape index (κ3) is 9.91. The molecule has 0 spiro atoms. The number of ether oxygens (including phenoxy) is 2. The lowest BCUT2D eigenvalue weighted by molar-refractivity contribution is -0.118. The summed E-state index contributed by atoms with van der Waals surface area (Å²) in [6, 6.07) is 0. The minimum Gasteiger partial charge on any atom is -0.381 e. The third-order valence-corrected chi connectivity index (χ3v) is 3.72. The number of unbranched alkanes of at least 4 members (excludes halogenated alkanes) is 4. The average Bonchev–Trinajstić information content (AvgIpc) is 2.42. The number of rotatable bonds is 11. The monoisotopic (exact) mass is 271 g/mol. The highest BCUT2D eigenvalue weighted by Crippen LogP contribution is 2.18. The van der Waals surface area contributed by atoms with Crippen LogP contribution < -0.4 is 5.73 Å². The molecule has 0 aromatic rings. The molecule has 1 aliphatic rings. The van der Waals surface area contributed by atoms with Crippen LogP contribution in [-0.4, -0.2) is 32.3 Å². The van der Waals surface area contributed by atoms with Crippen LogP contribution in [0.5, 0.6) is 0 Å². The Morgan fingerprint density at radius 1 is 1.05 bits per heavy atom. The second-order valence-corrected chi connectivity index (χ2v) is 5.44. The fourth-order valence-electron chi connectivity index (χ4n) is 2.42. The van der Waals surface area contributed by atoms with E-state index in [0.717, 1.165) is 51.6 Å². The van der Waals surface area contributed by atoms with Crippen LogP contribution >= 0.6 is 0 Å². The second kappa shape index (κ2) is 11.2. The second-order valence-electron chi connectivity index (χ2n) is 5.44. The fraction of sp³-hybridized carbons (Fsp3) is 0.933. The van der Waals surface area contributed by atoms with Gasteiger partial charge in [0.1, 0.15) is 0 Å². The Hall–Kier alpha value is -0.610. The highest BCUT2D eigenvalue weighted by Gasteiger charge is 2.12. The Kier molecular flexibility index (Phi) is 9.72. The van der Waals surface area contributed by atoms with Crippen molar-refractivity contribution >= 4 is 5.91 Å². The van der Waals surface area contributed by atoms with E-state index >= 15 is 0 Å². The van der Waals surface area contributed by atoms with Crippen LogP contribution in [0.15, 0.2) is 0 Å². The van der Waals surface area contributed by atoms with Gasteiger partial charge in [-0.15, -0.1) is 0 Å². The van der Waals surface area contributed by atoms with Crippen LogP contribution in [0.4, 0.5) is 0 Å². The fourth-order valence-corrected chi connectivity index (χ4v) is 2.42. The Morgan fingerprint density at radius 3 is 2.47 bits per heavy atom. The summed E-state index contributed by atoms with van der Waals surface area (Å²) >= 11 is 0. The molecule has 1 saturated heterocycles. The summed E-state index contributed by atoms with van der Waals surface area (Å²) in [5.41, 5.74) is 5.08. The molecule has 0 aromatic heterocycles. The van der Waals surface area contributed by atoms with Gasteiger partial charge < -0.3 is 15.2 Å². The van der Waals surface area contributed by atoms with Crippen molar-refractivity contribution < 1.29 is 14.3 Å². The van der Waals surface area contributed by atoms with Gasteiger partial charge in [-0.1, -0.05) is 19.3 Å². The molecule has 112 valence electrons. The molecule has 1 fully saturated rings. The largest absolute Gasteiger partial charge is 0.381 e. The molecule has 0 atom stereocenters. The van der Waals surface area contributed by atoms with Crippen molar-refractivity contribution in [1.29, 1.82) is 0 Å². The van der Waals surface area contributed by atoms with Crippen molar-refractivity contribution in [1.82, 2.24) is 0 Å². The molecular weight excluding hydrogens is 242 g/mol. The summed E-state index contributed by atoms with van der Waals surface area (Å²) in [5, 5.41) is 0. The predicted octanol–water partition coefficient (Wildman–Crippen LogP) is 2.65. The van der Waals surface area contributed by atoms with E-state index in [9.17, 15) is 4.79 Å². The number of hydrogen-bond donors (Lipinski definition) is 1. The van der Waals surface area contributed by atoms with Crippen LogP contribution in [0.3, 0.4) is 0 Å². The molecule has 0 aromatic carbocycles. The Bertz CT molecular complexity index is 227. The van der Waals surface area contributed by atoms with Gasteiger partial charge in [0.15, 0.2) is 0 Å². The van der Waals surface area contributed by atoms with Gasteiger partial charge in [0.25, 0.3) is 0 Å². The van der Waals surface area contributed by atoms with E-state index < -0.39 is 0 Å². The molecule has 4 nitrogen and oxygen atoms in total. The maximum atomic E-state index is 10.5. The highest BCUT2D eigenvalue weighted by atomic mass is 16.5. The summed E-state index contributed by atoms with van der Waals surface area (Å²) in [5.74, 6) is 0.624. The number of amides is 1.